The fourth-order valence-electron chi connectivity index (χ4n) is 4.42. The monoisotopic (exact) mass is 583 g/mol. The Kier molecular flexibility index (Phi) is 11.5. The van der Waals surface area contributed by atoms with Crippen LogP contribution in [0.25, 0.3) is 11.3 Å². The highest BCUT2D eigenvalue weighted by Gasteiger charge is 2.26. The number of esters is 2. The normalized spacial score (nSPS) is 11.5. The van der Waals surface area contributed by atoms with Crippen LogP contribution >= 0.6 is 0 Å². The van der Waals surface area contributed by atoms with E-state index in [1.165, 1.54) is 6.26 Å². The van der Waals surface area contributed by atoms with E-state index >= 15 is 0 Å². The molecule has 0 bridgehead atoms. The van der Waals surface area contributed by atoms with Gasteiger partial charge in [0.05, 0.1) is 6.42 Å². The van der Waals surface area contributed by atoms with Crippen LogP contribution in [0.15, 0.2) is 102 Å². The van der Waals surface area contributed by atoms with Gasteiger partial charge >= 0.3 is 18.0 Å². The maximum absolute atomic E-state index is 13.5. The molecule has 0 aliphatic rings. The van der Waals surface area contributed by atoms with Crippen molar-refractivity contribution >= 4 is 18.0 Å². The highest BCUT2D eigenvalue weighted by molar-refractivity contribution is 5.84. The number of benzene rings is 3. The molecule has 0 fully saturated rings. The second-order valence-corrected chi connectivity index (χ2v) is 10.6. The van der Waals surface area contributed by atoms with E-state index < -0.39 is 24.0 Å². The van der Waals surface area contributed by atoms with Crippen LogP contribution in [-0.2, 0) is 38.7 Å². The van der Waals surface area contributed by atoms with Gasteiger partial charge in [-0.1, -0.05) is 104 Å². The Balaban J connectivity index is 1.42. The highest BCUT2D eigenvalue weighted by Crippen LogP contribution is 2.18. The quantitative estimate of drug-likeness (QED) is 0.187. The number of hydrogen-bond acceptors (Lipinski definition) is 7. The summed E-state index contributed by atoms with van der Waals surface area (Å²) in [7, 11) is 0. The van der Waals surface area contributed by atoms with Crippen LogP contribution < -0.4 is 5.32 Å². The van der Waals surface area contributed by atoms with Crippen molar-refractivity contribution in [2.24, 2.45) is 5.92 Å². The number of carbonyl (C=O) groups is 3. The van der Waals surface area contributed by atoms with Gasteiger partial charge in [0.15, 0.2) is 0 Å². The summed E-state index contributed by atoms with van der Waals surface area (Å²) in [5, 5.41) is 6.82. The van der Waals surface area contributed by atoms with E-state index in [2.05, 4.69) is 10.5 Å². The van der Waals surface area contributed by atoms with E-state index in [9.17, 15) is 14.4 Å². The van der Waals surface area contributed by atoms with Gasteiger partial charge in [0.1, 0.15) is 31.2 Å². The number of nitrogens with one attached hydrogen (secondary N) is 1. The number of rotatable bonds is 14. The minimum Gasteiger partial charge on any atom is -0.461 e. The zero-order chi connectivity index (χ0) is 30.4. The highest BCUT2D eigenvalue weighted by atomic mass is 16.5. The topological polar surface area (TPSA) is 111 Å². The Morgan fingerprint density at radius 2 is 1.44 bits per heavy atom. The summed E-state index contributed by atoms with van der Waals surface area (Å²) < 4.78 is 15.9. The third-order valence-corrected chi connectivity index (χ3v) is 6.63. The van der Waals surface area contributed by atoms with Crippen LogP contribution in [0.2, 0.25) is 0 Å². The Labute approximate surface area is 251 Å². The zero-order valence-electron chi connectivity index (χ0n) is 24.5. The Bertz CT molecular complexity index is 1420. The number of nitrogens with zero attached hydrogens (tertiary/aromatic N) is 2. The van der Waals surface area contributed by atoms with E-state index in [4.69, 9.17) is 14.0 Å². The van der Waals surface area contributed by atoms with Gasteiger partial charge in [-0.3, -0.25) is 4.79 Å². The standard InChI is InChI=1S/C34H37N3O6/c1-25(2)22-37(19-17-32(38)41-23-27-9-5-3-6-10-27)34(40)35-31(33(39)42-24-28-11-7-4-8-12-28)21-26-13-15-29(16-14-26)30-18-20-43-36-30/h3-16,18,20,25,31H,17,19,21-24H2,1-2H3,(H,35,40)/t31-/m0/s1. The van der Waals surface area contributed by atoms with Crippen molar-refractivity contribution in [2.75, 3.05) is 13.1 Å². The van der Waals surface area contributed by atoms with Gasteiger partial charge in [0.2, 0.25) is 0 Å². The molecule has 0 aliphatic carbocycles. The van der Waals surface area contributed by atoms with Crippen LogP contribution in [0.3, 0.4) is 0 Å². The molecule has 1 aromatic heterocycles. The van der Waals surface area contributed by atoms with Crippen LogP contribution in [0.5, 0.6) is 0 Å². The lowest BCUT2D eigenvalue weighted by molar-refractivity contribution is -0.147. The summed E-state index contributed by atoms with van der Waals surface area (Å²) in [6.45, 7) is 4.76. The maximum atomic E-state index is 13.5. The third kappa shape index (κ3) is 10.1. The lowest BCUT2D eigenvalue weighted by Gasteiger charge is -2.27. The molecule has 43 heavy (non-hydrogen) atoms. The SMILES string of the molecule is CC(C)CN(CCC(=O)OCc1ccccc1)C(=O)N[C@@H](Cc1ccc(-c2ccon2)cc1)C(=O)OCc1ccccc1. The first-order valence-electron chi connectivity index (χ1n) is 14.3. The smallest absolute Gasteiger partial charge is 0.329 e. The van der Waals surface area contributed by atoms with Gasteiger partial charge in [-0.05, 0) is 22.6 Å². The van der Waals surface area contributed by atoms with Gasteiger partial charge in [0.25, 0.3) is 0 Å². The van der Waals surface area contributed by atoms with Gasteiger partial charge < -0.3 is 24.2 Å². The van der Waals surface area contributed by atoms with Crippen molar-refractivity contribution in [3.05, 3.63) is 114 Å². The molecule has 1 heterocycles. The molecule has 0 radical (unpaired) electrons. The second-order valence-electron chi connectivity index (χ2n) is 10.6. The average Bonchev–Trinajstić information content (AvgIpc) is 3.57. The molecule has 1 N–H and O–H groups in total. The van der Waals surface area contributed by atoms with E-state index in [0.29, 0.717) is 12.2 Å². The van der Waals surface area contributed by atoms with Gasteiger partial charge in [-0.25, -0.2) is 9.59 Å². The fraction of sp³-hybridized carbons (Fsp3) is 0.294. The lowest BCUT2D eigenvalue weighted by Crippen LogP contribution is -2.50. The summed E-state index contributed by atoms with van der Waals surface area (Å²) in [6, 6.07) is 26.6. The number of amides is 2. The number of carbonyl (C=O) groups excluding carboxylic acids is 3. The van der Waals surface area contributed by atoms with Crippen LogP contribution in [0, 0.1) is 5.92 Å². The molecular formula is C34H37N3O6. The van der Waals surface area contributed by atoms with Crippen molar-refractivity contribution < 1.29 is 28.4 Å². The molecule has 0 saturated heterocycles. The first kappa shape index (κ1) is 31.0. The molecular weight excluding hydrogens is 546 g/mol. The number of aromatic nitrogens is 1. The van der Waals surface area contributed by atoms with Gasteiger partial charge in [-0.2, -0.15) is 0 Å². The van der Waals surface area contributed by atoms with Gasteiger partial charge in [0, 0.05) is 31.1 Å². The predicted octanol–water partition coefficient (Wildman–Crippen LogP) is 5.80. The van der Waals surface area contributed by atoms with Gasteiger partial charge in [-0.15, -0.1) is 0 Å². The summed E-state index contributed by atoms with van der Waals surface area (Å²) in [4.78, 5) is 40.8. The fourth-order valence-corrected chi connectivity index (χ4v) is 4.42. The molecule has 9 nitrogen and oxygen atoms in total. The first-order chi connectivity index (χ1) is 20.9. The third-order valence-electron chi connectivity index (χ3n) is 6.63. The largest absolute Gasteiger partial charge is 0.461 e. The Morgan fingerprint density at radius 1 is 0.814 bits per heavy atom. The van der Waals surface area contributed by atoms with Crippen LogP contribution in [0.4, 0.5) is 4.79 Å². The number of hydrogen-bond donors (Lipinski definition) is 1. The van der Waals surface area contributed by atoms with E-state index in [0.717, 1.165) is 22.3 Å². The minimum atomic E-state index is -0.950. The first-order valence-corrected chi connectivity index (χ1v) is 14.3. The Morgan fingerprint density at radius 3 is 2.02 bits per heavy atom. The molecule has 9 heteroatoms. The summed E-state index contributed by atoms with van der Waals surface area (Å²) in [5.41, 5.74) is 4.12. The van der Waals surface area contributed by atoms with Crippen molar-refractivity contribution in [1.29, 1.82) is 0 Å². The summed E-state index contributed by atoms with van der Waals surface area (Å²) in [6.07, 6.45) is 1.75. The minimum absolute atomic E-state index is 0.0274. The molecule has 0 saturated carbocycles. The Hall–Kier alpha value is -4.92. The molecule has 1 atom stereocenters. The predicted molar refractivity (Wildman–Crippen MR) is 161 cm³/mol. The van der Waals surface area contributed by atoms with Crippen molar-refractivity contribution in [3.8, 4) is 11.3 Å². The van der Waals surface area contributed by atoms with E-state index in [1.54, 1.807) is 11.0 Å². The molecule has 4 rings (SSSR count). The van der Waals surface area contributed by atoms with Crippen LogP contribution in [0.1, 0.15) is 37.0 Å². The molecule has 0 aliphatic heterocycles. The molecule has 2 amide bonds. The summed E-state index contributed by atoms with van der Waals surface area (Å²) in [5.74, 6) is -0.820. The van der Waals surface area contributed by atoms with Crippen molar-refractivity contribution in [3.63, 3.8) is 0 Å². The van der Waals surface area contributed by atoms with E-state index in [-0.39, 0.29) is 38.5 Å². The maximum Gasteiger partial charge on any atom is 0.329 e. The summed E-state index contributed by atoms with van der Waals surface area (Å²) >= 11 is 0. The second kappa shape index (κ2) is 15.9. The molecule has 4 aromatic rings. The number of urea groups is 1. The van der Waals surface area contributed by atoms with Crippen molar-refractivity contribution in [1.82, 2.24) is 15.4 Å². The van der Waals surface area contributed by atoms with Crippen LogP contribution in [-0.4, -0.2) is 47.2 Å². The van der Waals surface area contributed by atoms with E-state index in [1.807, 2.05) is 98.8 Å². The molecule has 224 valence electrons. The lowest BCUT2D eigenvalue weighted by atomic mass is 10.0. The average molecular weight is 584 g/mol. The number of ether oxygens (including phenoxy) is 2. The molecule has 3 aromatic carbocycles. The zero-order valence-corrected chi connectivity index (χ0v) is 24.5. The molecule has 0 spiro atoms. The molecule has 0 unspecified atom stereocenters. The van der Waals surface area contributed by atoms with Crippen molar-refractivity contribution in [2.45, 2.75) is 45.9 Å².